The van der Waals surface area contributed by atoms with E-state index in [9.17, 15) is 0 Å². The van der Waals surface area contributed by atoms with E-state index in [0.717, 1.165) is 0 Å². The first-order valence-electron chi connectivity index (χ1n) is 3.06. The Morgan fingerprint density at radius 2 is 1.30 bits per heavy atom. The zero-order valence-corrected chi connectivity index (χ0v) is 6.28. The zero-order chi connectivity index (χ0) is 7.98. The second-order valence-corrected chi connectivity index (χ2v) is 2.05. The van der Waals surface area contributed by atoms with Gasteiger partial charge in [0.05, 0.1) is 13.2 Å². The average molecular weight is 150 g/mol. The van der Waals surface area contributed by atoms with Crippen molar-refractivity contribution in [3.05, 3.63) is 0 Å². The van der Waals surface area contributed by atoms with Crippen LogP contribution in [-0.4, -0.2) is 49.9 Å². The number of aliphatic hydroxyl groups is 2. The molecule has 0 aromatic carbocycles. The minimum Gasteiger partial charge on any atom is -0.388 e. The third-order valence-corrected chi connectivity index (χ3v) is 1.12. The first-order valence-corrected chi connectivity index (χ1v) is 3.06. The van der Waals surface area contributed by atoms with Crippen LogP contribution in [0.1, 0.15) is 0 Å². The first kappa shape index (κ1) is 9.84. The fourth-order valence-electron chi connectivity index (χ4n) is 0.564. The van der Waals surface area contributed by atoms with E-state index in [0.29, 0.717) is 0 Å². The quantitative estimate of drug-likeness (QED) is 0.528. The predicted octanol–water partition coefficient (Wildman–Crippen LogP) is -0.999. The summed E-state index contributed by atoms with van der Waals surface area (Å²) >= 11 is 0. The lowest BCUT2D eigenvalue weighted by Gasteiger charge is -2.15. The predicted molar refractivity (Wildman–Crippen MR) is 35.8 cm³/mol. The molecule has 0 radical (unpaired) electrons. The van der Waals surface area contributed by atoms with Crippen molar-refractivity contribution in [2.24, 2.45) is 0 Å². The number of rotatable bonds is 5. The molecule has 0 aromatic rings. The smallest absolute Gasteiger partial charge is 0.105 e. The molecule has 0 fully saturated rings. The van der Waals surface area contributed by atoms with Gasteiger partial charge in [0.1, 0.15) is 12.2 Å². The molecule has 1 unspecified atom stereocenters. The van der Waals surface area contributed by atoms with Crippen LogP contribution in [0.3, 0.4) is 0 Å². The molecule has 0 aliphatic carbocycles. The lowest BCUT2D eigenvalue weighted by Crippen LogP contribution is -2.33. The standard InChI is InChI=1S/C6H14O4/c1-9-3-5(7)6(8)4-10-2/h5-8H,3-4H2,1-2H3/t5-,6?/m0/s1. The Morgan fingerprint density at radius 1 is 1.00 bits per heavy atom. The number of ether oxygens (including phenoxy) is 2. The number of hydrogen-bond acceptors (Lipinski definition) is 4. The number of hydrogen-bond donors (Lipinski definition) is 2. The Balaban J connectivity index is 3.38. The summed E-state index contributed by atoms with van der Waals surface area (Å²) < 4.78 is 9.21. The zero-order valence-electron chi connectivity index (χ0n) is 6.28. The maximum atomic E-state index is 8.99. The van der Waals surface area contributed by atoms with Crippen molar-refractivity contribution in [1.29, 1.82) is 0 Å². The molecule has 0 amide bonds. The molecule has 0 bridgehead atoms. The summed E-state index contributed by atoms with van der Waals surface area (Å²) in [6.45, 7) is 0.259. The second-order valence-electron chi connectivity index (χ2n) is 2.05. The van der Waals surface area contributed by atoms with Crippen LogP contribution in [0.5, 0.6) is 0 Å². The maximum Gasteiger partial charge on any atom is 0.105 e. The van der Waals surface area contributed by atoms with E-state index in [4.69, 9.17) is 10.2 Å². The molecule has 4 heteroatoms. The van der Waals surface area contributed by atoms with Gasteiger partial charge in [0, 0.05) is 14.2 Å². The molecule has 2 N–H and O–H groups in total. The fraction of sp³-hybridized carbons (Fsp3) is 1.00. The van der Waals surface area contributed by atoms with E-state index in [1.54, 1.807) is 0 Å². The number of methoxy groups -OCH3 is 2. The van der Waals surface area contributed by atoms with Crippen molar-refractivity contribution in [2.75, 3.05) is 27.4 Å². The Kier molecular flexibility index (Phi) is 5.52. The van der Waals surface area contributed by atoms with Crippen molar-refractivity contribution < 1.29 is 19.7 Å². The highest BCUT2D eigenvalue weighted by molar-refractivity contribution is 4.64. The van der Waals surface area contributed by atoms with Gasteiger partial charge in [0.15, 0.2) is 0 Å². The molecule has 4 nitrogen and oxygen atoms in total. The fourth-order valence-corrected chi connectivity index (χ4v) is 0.564. The minimum absolute atomic E-state index is 0.129. The molecule has 0 aromatic heterocycles. The average Bonchev–Trinajstić information content (AvgIpc) is 1.89. The Hall–Kier alpha value is -0.160. The molecule has 0 aliphatic rings. The van der Waals surface area contributed by atoms with Gasteiger partial charge in [-0.05, 0) is 0 Å². The normalized spacial score (nSPS) is 16.8. The van der Waals surface area contributed by atoms with E-state index in [2.05, 4.69) is 9.47 Å². The van der Waals surface area contributed by atoms with Crippen molar-refractivity contribution in [2.45, 2.75) is 12.2 Å². The summed E-state index contributed by atoms with van der Waals surface area (Å²) in [6, 6.07) is 0. The van der Waals surface area contributed by atoms with Crippen LogP contribution in [0, 0.1) is 0 Å². The van der Waals surface area contributed by atoms with Gasteiger partial charge in [-0.25, -0.2) is 0 Å². The Morgan fingerprint density at radius 3 is 1.50 bits per heavy atom. The van der Waals surface area contributed by atoms with Gasteiger partial charge in [-0.3, -0.25) is 0 Å². The lowest BCUT2D eigenvalue weighted by atomic mass is 10.2. The molecule has 2 atom stereocenters. The van der Waals surface area contributed by atoms with Gasteiger partial charge in [-0.1, -0.05) is 0 Å². The van der Waals surface area contributed by atoms with E-state index >= 15 is 0 Å². The van der Waals surface area contributed by atoms with Crippen molar-refractivity contribution >= 4 is 0 Å². The summed E-state index contributed by atoms with van der Waals surface area (Å²) in [4.78, 5) is 0. The Bertz CT molecular complexity index is 66.1. The van der Waals surface area contributed by atoms with Gasteiger partial charge in [0.2, 0.25) is 0 Å². The molecule has 0 saturated carbocycles. The van der Waals surface area contributed by atoms with Crippen molar-refractivity contribution in [3.63, 3.8) is 0 Å². The molecule has 0 spiro atoms. The summed E-state index contributed by atoms with van der Waals surface area (Å²) in [6.07, 6.45) is -1.71. The maximum absolute atomic E-state index is 8.99. The van der Waals surface area contributed by atoms with Crippen LogP contribution in [0.4, 0.5) is 0 Å². The van der Waals surface area contributed by atoms with Gasteiger partial charge >= 0.3 is 0 Å². The van der Waals surface area contributed by atoms with Gasteiger partial charge in [-0.2, -0.15) is 0 Å². The van der Waals surface area contributed by atoms with Gasteiger partial charge in [0.25, 0.3) is 0 Å². The molecule has 0 aliphatic heterocycles. The molecule has 62 valence electrons. The molecule has 0 saturated heterocycles. The second kappa shape index (κ2) is 5.61. The summed E-state index contributed by atoms with van der Waals surface area (Å²) in [5.41, 5.74) is 0. The summed E-state index contributed by atoms with van der Waals surface area (Å²) in [7, 11) is 2.92. The first-order chi connectivity index (χ1) is 4.72. The summed E-state index contributed by atoms with van der Waals surface area (Å²) in [5, 5.41) is 18.0. The molecule has 0 heterocycles. The van der Waals surface area contributed by atoms with Gasteiger partial charge < -0.3 is 19.7 Å². The van der Waals surface area contributed by atoms with E-state index in [-0.39, 0.29) is 13.2 Å². The van der Waals surface area contributed by atoms with Crippen LogP contribution in [-0.2, 0) is 9.47 Å². The highest BCUT2D eigenvalue weighted by Gasteiger charge is 2.14. The topological polar surface area (TPSA) is 58.9 Å². The number of aliphatic hydroxyl groups excluding tert-OH is 2. The minimum atomic E-state index is -0.857. The van der Waals surface area contributed by atoms with Crippen LogP contribution >= 0.6 is 0 Å². The van der Waals surface area contributed by atoms with Crippen LogP contribution in [0.2, 0.25) is 0 Å². The van der Waals surface area contributed by atoms with E-state index in [1.807, 2.05) is 0 Å². The molecular weight excluding hydrogens is 136 g/mol. The largest absolute Gasteiger partial charge is 0.388 e. The molecular formula is C6H14O4. The summed E-state index contributed by atoms with van der Waals surface area (Å²) in [5.74, 6) is 0. The molecule has 10 heavy (non-hydrogen) atoms. The van der Waals surface area contributed by atoms with Crippen LogP contribution in [0.15, 0.2) is 0 Å². The third-order valence-electron chi connectivity index (χ3n) is 1.12. The lowest BCUT2D eigenvalue weighted by molar-refractivity contribution is -0.0555. The molecule has 0 rings (SSSR count). The van der Waals surface area contributed by atoms with E-state index < -0.39 is 12.2 Å². The van der Waals surface area contributed by atoms with Gasteiger partial charge in [-0.15, -0.1) is 0 Å². The van der Waals surface area contributed by atoms with E-state index in [1.165, 1.54) is 14.2 Å². The van der Waals surface area contributed by atoms with Crippen LogP contribution in [0.25, 0.3) is 0 Å². The van der Waals surface area contributed by atoms with Crippen molar-refractivity contribution in [1.82, 2.24) is 0 Å². The van der Waals surface area contributed by atoms with Crippen molar-refractivity contribution in [3.8, 4) is 0 Å². The monoisotopic (exact) mass is 150 g/mol. The van der Waals surface area contributed by atoms with Crippen LogP contribution < -0.4 is 0 Å². The third kappa shape index (κ3) is 3.79. The Labute approximate surface area is 60.4 Å². The SMILES string of the molecule is COCC(O)[C@@H](O)COC. The highest BCUT2D eigenvalue weighted by atomic mass is 16.5. The highest BCUT2D eigenvalue weighted by Crippen LogP contribution is 1.93.